The van der Waals surface area contributed by atoms with E-state index in [1.165, 1.54) is 0 Å². The molecule has 0 saturated carbocycles. The Kier molecular flexibility index (Phi) is 8.07. The molecule has 114 valence electrons. The fourth-order valence-electron chi connectivity index (χ4n) is 1.82. The van der Waals surface area contributed by atoms with E-state index in [2.05, 4.69) is 19.2 Å². The predicted octanol–water partition coefficient (Wildman–Crippen LogP) is 2.72. The van der Waals surface area contributed by atoms with E-state index in [4.69, 9.17) is 14.2 Å². The van der Waals surface area contributed by atoms with Crippen LogP contribution in [0.25, 0.3) is 0 Å². The summed E-state index contributed by atoms with van der Waals surface area (Å²) in [5, 5.41) is 3.47. The molecular formula is C16H27NO3. The zero-order valence-corrected chi connectivity index (χ0v) is 13.0. The van der Waals surface area contributed by atoms with Crippen LogP contribution in [0.15, 0.2) is 24.3 Å². The van der Waals surface area contributed by atoms with Crippen molar-refractivity contribution in [1.29, 1.82) is 0 Å². The number of rotatable bonds is 10. The summed E-state index contributed by atoms with van der Waals surface area (Å²) in [5.74, 6) is 2.24. The third-order valence-corrected chi connectivity index (χ3v) is 3.14. The van der Waals surface area contributed by atoms with Gasteiger partial charge in [-0.05, 0) is 37.1 Å². The van der Waals surface area contributed by atoms with Crippen LogP contribution in [0.2, 0.25) is 0 Å². The minimum Gasteiger partial charge on any atom is -0.497 e. The summed E-state index contributed by atoms with van der Waals surface area (Å²) in [6, 6.07) is 8.00. The Hall–Kier alpha value is -1.26. The molecule has 1 aromatic rings. The molecule has 0 aromatic heterocycles. The molecule has 0 heterocycles. The smallest absolute Gasteiger partial charge is 0.119 e. The summed E-state index contributed by atoms with van der Waals surface area (Å²) in [4.78, 5) is 0. The van der Waals surface area contributed by atoms with E-state index in [-0.39, 0.29) is 0 Å². The van der Waals surface area contributed by atoms with Gasteiger partial charge in [0.05, 0.1) is 13.7 Å². The molecule has 1 rings (SSSR count). The van der Waals surface area contributed by atoms with Crippen molar-refractivity contribution in [2.75, 3.05) is 33.5 Å². The van der Waals surface area contributed by atoms with Crippen LogP contribution in [0.1, 0.15) is 20.8 Å². The zero-order valence-electron chi connectivity index (χ0n) is 13.0. The van der Waals surface area contributed by atoms with E-state index >= 15 is 0 Å². The Labute approximate surface area is 122 Å². The van der Waals surface area contributed by atoms with Crippen molar-refractivity contribution >= 4 is 0 Å². The topological polar surface area (TPSA) is 39.7 Å². The van der Waals surface area contributed by atoms with Crippen molar-refractivity contribution in [3.63, 3.8) is 0 Å². The molecule has 0 saturated heterocycles. The van der Waals surface area contributed by atoms with Crippen LogP contribution in [0, 0.1) is 5.92 Å². The summed E-state index contributed by atoms with van der Waals surface area (Å²) in [5.41, 5.74) is 0. The van der Waals surface area contributed by atoms with Crippen molar-refractivity contribution in [1.82, 2.24) is 5.32 Å². The maximum atomic E-state index is 5.68. The Morgan fingerprint density at radius 1 is 1.10 bits per heavy atom. The zero-order chi connectivity index (χ0) is 14.8. The van der Waals surface area contributed by atoms with Gasteiger partial charge in [0, 0.05) is 19.2 Å². The van der Waals surface area contributed by atoms with Gasteiger partial charge < -0.3 is 19.5 Å². The van der Waals surface area contributed by atoms with Crippen molar-refractivity contribution in [2.24, 2.45) is 5.92 Å². The molecule has 0 radical (unpaired) electrons. The van der Waals surface area contributed by atoms with Crippen LogP contribution in [0.5, 0.6) is 11.5 Å². The van der Waals surface area contributed by atoms with E-state index in [1.54, 1.807) is 7.11 Å². The second-order valence-corrected chi connectivity index (χ2v) is 4.99. The highest BCUT2D eigenvalue weighted by Crippen LogP contribution is 2.16. The van der Waals surface area contributed by atoms with Crippen LogP contribution in [0.4, 0.5) is 0 Å². The van der Waals surface area contributed by atoms with Crippen LogP contribution >= 0.6 is 0 Å². The first-order valence-electron chi connectivity index (χ1n) is 7.25. The van der Waals surface area contributed by atoms with Gasteiger partial charge >= 0.3 is 0 Å². The van der Waals surface area contributed by atoms with Gasteiger partial charge in [-0.25, -0.2) is 0 Å². The maximum absolute atomic E-state index is 5.68. The molecule has 1 aromatic carbocycles. The second kappa shape index (κ2) is 9.61. The largest absolute Gasteiger partial charge is 0.497 e. The molecule has 0 spiro atoms. The van der Waals surface area contributed by atoms with Gasteiger partial charge in [0.2, 0.25) is 0 Å². The van der Waals surface area contributed by atoms with Crippen LogP contribution < -0.4 is 14.8 Å². The molecule has 1 atom stereocenters. The standard InChI is InChI=1S/C16H27NO3/c1-5-19-12-16(13(2)3)17-10-11-20-15-8-6-14(18-4)7-9-15/h6-9,13,16-17H,5,10-12H2,1-4H3. The minimum atomic E-state index is 0.370. The minimum absolute atomic E-state index is 0.370. The normalized spacial score (nSPS) is 12.4. The molecule has 1 N–H and O–H groups in total. The van der Waals surface area contributed by atoms with E-state index in [0.717, 1.165) is 31.3 Å². The lowest BCUT2D eigenvalue weighted by Gasteiger charge is -2.22. The first-order chi connectivity index (χ1) is 9.67. The highest BCUT2D eigenvalue weighted by molar-refractivity contribution is 5.31. The lowest BCUT2D eigenvalue weighted by molar-refractivity contribution is 0.106. The van der Waals surface area contributed by atoms with Crippen molar-refractivity contribution in [2.45, 2.75) is 26.8 Å². The summed E-state index contributed by atoms with van der Waals surface area (Å²) < 4.78 is 16.3. The Balaban J connectivity index is 2.24. The van der Waals surface area contributed by atoms with Gasteiger partial charge in [-0.1, -0.05) is 13.8 Å². The van der Waals surface area contributed by atoms with Crippen molar-refractivity contribution in [3.05, 3.63) is 24.3 Å². The molecule has 0 aliphatic carbocycles. The highest BCUT2D eigenvalue weighted by atomic mass is 16.5. The summed E-state index contributed by atoms with van der Waals surface area (Å²) >= 11 is 0. The van der Waals surface area contributed by atoms with Gasteiger partial charge in [-0.3, -0.25) is 0 Å². The number of benzene rings is 1. The molecule has 1 unspecified atom stereocenters. The Morgan fingerprint density at radius 3 is 2.30 bits per heavy atom. The van der Waals surface area contributed by atoms with Gasteiger partial charge in [0.1, 0.15) is 18.1 Å². The highest BCUT2D eigenvalue weighted by Gasteiger charge is 2.12. The fraction of sp³-hybridized carbons (Fsp3) is 0.625. The number of nitrogens with one attached hydrogen (secondary N) is 1. The third kappa shape index (κ3) is 6.26. The average molecular weight is 281 g/mol. The lowest BCUT2D eigenvalue weighted by Crippen LogP contribution is -2.40. The molecule has 0 amide bonds. The fourth-order valence-corrected chi connectivity index (χ4v) is 1.82. The quantitative estimate of drug-likeness (QED) is 0.669. The molecule has 0 aliphatic heterocycles. The van der Waals surface area contributed by atoms with Crippen LogP contribution in [-0.4, -0.2) is 39.5 Å². The number of methoxy groups -OCH3 is 1. The van der Waals surface area contributed by atoms with Gasteiger partial charge in [-0.15, -0.1) is 0 Å². The van der Waals surface area contributed by atoms with Crippen molar-refractivity contribution in [3.8, 4) is 11.5 Å². The first kappa shape index (κ1) is 16.8. The molecule has 0 fully saturated rings. The third-order valence-electron chi connectivity index (χ3n) is 3.14. The molecule has 0 aliphatic rings. The summed E-state index contributed by atoms with van der Waals surface area (Å²) in [7, 11) is 1.66. The predicted molar refractivity (Wildman–Crippen MR) is 81.6 cm³/mol. The number of hydrogen-bond acceptors (Lipinski definition) is 4. The molecular weight excluding hydrogens is 254 g/mol. The van der Waals surface area contributed by atoms with Gasteiger partial charge in [-0.2, -0.15) is 0 Å². The molecule has 4 nitrogen and oxygen atoms in total. The number of hydrogen-bond donors (Lipinski definition) is 1. The van der Waals surface area contributed by atoms with Crippen LogP contribution in [-0.2, 0) is 4.74 Å². The Bertz CT molecular complexity index is 351. The average Bonchev–Trinajstić information content (AvgIpc) is 2.46. The van der Waals surface area contributed by atoms with E-state index < -0.39 is 0 Å². The molecule has 20 heavy (non-hydrogen) atoms. The van der Waals surface area contributed by atoms with Gasteiger partial charge in [0.15, 0.2) is 0 Å². The number of ether oxygens (including phenoxy) is 3. The van der Waals surface area contributed by atoms with Gasteiger partial charge in [0.25, 0.3) is 0 Å². The monoisotopic (exact) mass is 281 g/mol. The SMILES string of the molecule is CCOCC(NCCOc1ccc(OC)cc1)C(C)C. The van der Waals surface area contributed by atoms with E-state index in [9.17, 15) is 0 Å². The summed E-state index contributed by atoms with van der Waals surface area (Å²) in [6.07, 6.45) is 0. The molecule has 4 heteroatoms. The first-order valence-corrected chi connectivity index (χ1v) is 7.25. The summed E-state index contributed by atoms with van der Waals surface area (Å²) in [6.45, 7) is 9.36. The van der Waals surface area contributed by atoms with E-state index in [1.807, 2.05) is 31.2 Å². The van der Waals surface area contributed by atoms with Crippen molar-refractivity contribution < 1.29 is 14.2 Å². The Morgan fingerprint density at radius 2 is 1.75 bits per heavy atom. The molecule has 0 bridgehead atoms. The second-order valence-electron chi connectivity index (χ2n) is 4.99. The van der Waals surface area contributed by atoms with E-state index in [0.29, 0.717) is 18.6 Å². The lowest BCUT2D eigenvalue weighted by atomic mass is 10.1. The maximum Gasteiger partial charge on any atom is 0.119 e. The van der Waals surface area contributed by atoms with Crippen LogP contribution in [0.3, 0.4) is 0 Å².